The van der Waals surface area contributed by atoms with Crippen molar-refractivity contribution in [3.63, 3.8) is 0 Å². The van der Waals surface area contributed by atoms with Gasteiger partial charge in [0.2, 0.25) is 0 Å². The first kappa shape index (κ1) is 28.2. The molecule has 0 spiro atoms. The maximum atomic E-state index is 13.9. The van der Waals surface area contributed by atoms with Crippen LogP contribution < -0.4 is 10.5 Å². The van der Waals surface area contributed by atoms with E-state index in [-0.39, 0.29) is 29.0 Å². The lowest BCUT2D eigenvalue weighted by Gasteiger charge is -2.49. The topological polar surface area (TPSA) is 78.0 Å². The van der Waals surface area contributed by atoms with Crippen molar-refractivity contribution in [2.24, 2.45) is 7.05 Å². The molecule has 11 heteroatoms. The van der Waals surface area contributed by atoms with Gasteiger partial charge in [0.1, 0.15) is 28.8 Å². The van der Waals surface area contributed by atoms with Gasteiger partial charge in [0.15, 0.2) is 0 Å². The van der Waals surface area contributed by atoms with Gasteiger partial charge in [0.25, 0.3) is 5.56 Å². The number of rotatable bonds is 5. The number of aromatic nitrogens is 3. The second-order valence-corrected chi connectivity index (χ2v) is 10.3. The monoisotopic (exact) mass is 564 g/mol. The highest BCUT2D eigenvalue weighted by Gasteiger charge is 2.39. The van der Waals surface area contributed by atoms with Crippen LogP contribution in [-0.4, -0.2) is 44.6 Å². The largest absolute Gasteiger partial charge is 0.433 e. The summed E-state index contributed by atoms with van der Waals surface area (Å²) >= 11 is 0. The van der Waals surface area contributed by atoms with Gasteiger partial charge in [0, 0.05) is 38.3 Å². The van der Waals surface area contributed by atoms with Crippen LogP contribution in [-0.2, 0) is 13.2 Å². The van der Waals surface area contributed by atoms with E-state index in [9.17, 15) is 27.6 Å². The average molecular weight is 565 g/mol. The molecule has 0 N–H and O–H groups in total. The molecular weight excluding hydrogens is 536 g/mol. The smallest absolute Gasteiger partial charge is 0.364 e. The number of nitriles is 1. The van der Waals surface area contributed by atoms with Crippen LogP contribution >= 0.6 is 0 Å². The van der Waals surface area contributed by atoms with E-state index in [4.69, 9.17) is 0 Å². The summed E-state index contributed by atoms with van der Waals surface area (Å²) in [6.07, 6.45) is -3.96. The average Bonchev–Trinajstić information content (AvgIpc) is 2.96. The molecule has 4 aromatic rings. The first-order chi connectivity index (χ1) is 19.5. The SMILES string of the molecule is CC[C@H]1CN(C(c2ccc(F)cc2)c2cccc(C(F)(F)F)n2)[C@H](C)CN1c1cc(=O)n(C)c2ccc(C#N)nc12. The summed E-state index contributed by atoms with van der Waals surface area (Å²) in [5, 5.41) is 9.46. The molecule has 4 heterocycles. The zero-order valence-electron chi connectivity index (χ0n) is 22.7. The van der Waals surface area contributed by atoms with Crippen LogP contribution in [0.2, 0.25) is 0 Å². The summed E-state index contributed by atoms with van der Waals surface area (Å²) in [5.41, 5.74) is 1.56. The Balaban J connectivity index is 1.60. The highest BCUT2D eigenvalue weighted by molar-refractivity contribution is 5.89. The first-order valence-electron chi connectivity index (χ1n) is 13.2. The van der Waals surface area contributed by atoms with E-state index in [2.05, 4.69) is 25.8 Å². The van der Waals surface area contributed by atoms with Crippen molar-refractivity contribution in [2.75, 3.05) is 18.0 Å². The summed E-state index contributed by atoms with van der Waals surface area (Å²) < 4.78 is 56.2. The van der Waals surface area contributed by atoms with Crippen molar-refractivity contribution in [1.82, 2.24) is 19.4 Å². The third kappa shape index (κ3) is 5.39. The Labute approximate surface area is 234 Å². The van der Waals surface area contributed by atoms with Crippen molar-refractivity contribution < 1.29 is 17.6 Å². The highest BCUT2D eigenvalue weighted by Crippen LogP contribution is 2.37. The Bertz CT molecular complexity index is 1680. The molecule has 1 saturated heterocycles. The van der Waals surface area contributed by atoms with Crippen molar-refractivity contribution in [2.45, 2.75) is 44.6 Å². The summed E-state index contributed by atoms with van der Waals surface area (Å²) in [6.45, 7) is 4.81. The van der Waals surface area contributed by atoms with Gasteiger partial charge in [-0.25, -0.2) is 14.4 Å². The van der Waals surface area contributed by atoms with Crippen LogP contribution in [0, 0.1) is 17.1 Å². The molecule has 7 nitrogen and oxygen atoms in total. The normalized spacial score (nSPS) is 18.8. The number of alkyl halides is 3. The fraction of sp³-hybridized carbons (Fsp3) is 0.333. The minimum atomic E-state index is -4.62. The van der Waals surface area contributed by atoms with Gasteiger partial charge >= 0.3 is 6.18 Å². The standard InChI is InChI=1S/C30H28F4N6O/c1-4-22-17-39(29(19-8-10-20(31)11-9-19)23-6-5-7-26(37-23)30(32,33)34)18(2)16-40(22)25-14-27(41)38(3)24-13-12-21(15-35)36-28(24)25/h5-14,18,22,29H,4,16-17H2,1-3H3/t18-,22+,29?/m1/s1. The number of piperazine rings is 1. The lowest BCUT2D eigenvalue weighted by molar-refractivity contribution is -0.141. The number of aryl methyl sites for hydroxylation is 1. The summed E-state index contributed by atoms with van der Waals surface area (Å²) in [4.78, 5) is 25.6. The molecule has 5 rings (SSSR count). The van der Waals surface area contributed by atoms with E-state index in [1.54, 1.807) is 37.4 Å². The van der Waals surface area contributed by atoms with Crippen molar-refractivity contribution in [1.29, 1.82) is 5.26 Å². The first-order valence-corrected chi connectivity index (χ1v) is 13.2. The summed E-state index contributed by atoms with van der Waals surface area (Å²) in [6, 6.07) is 15.4. The molecule has 0 saturated carbocycles. The number of benzene rings is 1. The van der Waals surface area contributed by atoms with Crippen molar-refractivity contribution in [3.05, 3.63) is 99.5 Å². The van der Waals surface area contributed by atoms with E-state index in [1.807, 2.05) is 13.8 Å². The Kier molecular flexibility index (Phi) is 7.53. The number of nitrogens with zero attached hydrogens (tertiary/aromatic N) is 6. The van der Waals surface area contributed by atoms with E-state index < -0.39 is 23.7 Å². The molecule has 1 unspecified atom stereocenters. The minimum absolute atomic E-state index is 0.150. The van der Waals surface area contributed by atoms with Gasteiger partial charge in [-0.3, -0.25) is 9.69 Å². The maximum absolute atomic E-state index is 13.9. The fourth-order valence-corrected chi connectivity index (χ4v) is 5.60. The molecule has 1 aliphatic rings. The van der Waals surface area contributed by atoms with Crippen molar-refractivity contribution >= 4 is 16.7 Å². The molecule has 3 aromatic heterocycles. The molecule has 0 bridgehead atoms. The molecule has 3 atom stereocenters. The molecular formula is C30H28F4N6O. The van der Waals surface area contributed by atoms with Crippen LogP contribution in [0.3, 0.4) is 0 Å². The van der Waals surface area contributed by atoms with Gasteiger partial charge in [-0.05, 0) is 55.3 Å². The Hall–Kier alpha value is -4.30. The number of fused-ring (bicyclic) bond motifs is 1. The van der Waals surface area contributed by atoms with E-state index in [1.165, 1.54) is 28.8 Å². The predicted octanol–water partition coefficient (Wildman–Crippen LogP) is 5.44. The molecule has 1 fully saturated rings. The fourth-order valence-electron chi connectivity index (χ4n) is 5.60. The van der Waals surface area contributed by atoms with E-state index >= 15 is 0 Å². The maximum Gasteiger partial charge on any atom is 0.433 e. The number of hydrogen-bond donors (Lipinski definition) is 0. The summed E-state index contributed by atoms with van der Waals surface area (Å²) in [7, 11) is 1.65. The van der Waals surface area contributed by atoms with Gasteiger partial charge < -0.3 is 9.47 Å². The third-order valence-corrected chi connectivity index (χ3v) is 7.71. The predicted molar refractivity (Wildman–Crippen MR) is 147 cm³/mol. The Morgan fingerprint density at radius 1 is 1.07 bits per heavy atom. The molecule has 41 heavy (non-hydrogen) atoms. The number of pyridine rings is 3. The van der Waals surface area contributed by atoms with Gasteiger partial charge in [-0.2, -0.15) is 18.4 Å². The summed E-state index contributed by atoms with van der Waals surface area (Å²) in [5.74, 6) is -0.449. The Morgan fingerprint density at radius 2 is 1.80 bits per heavy atom. The van der Waals surface area contributed by atoms with Gasteiger partial charge in [0.05, 0.1) is 22.9 Å². The number of hydrogen-bond acceptors (Lipinski definition) is 6. The van der Waals surface area contributed by atoms with Crippen LogP contribution in [0.5, 0.6) is 0 Å². The third-order valence-electron chi connectivity index (χ3n) is 7.71. The van der Waals surface area contributed by atoms with Crippen LogP contribution in [0.15, 0.2) is 65.5 Å². The lowest BCUT2D eigenvalue weighted by atomic mass is 9.95. The molecule has 0 amide bonds. The highest BCUT2D eigenvalue weighted by atomic mass is 19.4. The number of anilines is 1. The van der Waals surface area contributed by atoms with Crippen LogP contribution in [0.1, 0.15) is 49.0 Å². The van der Waals surface area contributed by atoms with Crippen molar-refractivity contribution in [3.8, 4) is 6.07 Å². The van der Waals surface area contributed by atoms with E-state index in [0.717, 1.165) is 6.07 Å². The molecule has 0 aliphatic carbocycles. The number of halogens is 4. The lowest BCUT2D eigenvalue weighted by Crippen LogP contribution is -2.58. The quantitative estimate of drug-likeness (QED) is 0.301. The second-order valence-electron chi connectivity index (χ2n) is 10.3. The molecule has 0 radical (unpaired) electrons. The minimum Gasteiger partial charge on any atom is -0.364 e. The molecule has 1 aliphatic heterocycles. The second kappa shape index (κ2) is 10.9. The van der Waals surface area contributed by atoms with Crippen LogP contribution in [0.25, 0.3) is 11.0 Å². The Morgan fingerprint density at radius 3 is 2.46 bits per heavy atom. The molecule has 212 valence electrons. The van der Waals surface area contributed by atoms with Crippen LogP contribution in [0.4, 0.5) is 23.2 Å². The molecule has 1 aromatic carbocycles. The van der Waals surface area contributed by atoms with Gasteiger partial charge in [-0.15, -0.1) is 0 Å². The van der Waals surface area contributed by atoms with E-state index in [0.29, 0.717) is 41.8 Å². The zero-order valence-corrected chi connectivity index (χ0v) is 22.7. The van der Waals surface area contributed by atoms with Gasteiger partial charge in [-0.1, -0.05) is 25.1 Å². The zero-order chi connectivity index (χ0) is 29.5.